The molecule has 0 unspecified atom stereocenters. The summed E-state index contributed by atoms with van der Waals surface area (Å²) in [5, 5.41) is 3.52. The summed E-state index contributed by atoms with van der Waals surface area (Å²) in [7, 11) is -2.33. The highest BCUT2D eigenvalue weighted by Gasteiger charge is 2.28. The molecule has 0 radical (unpaired) electrons. The van der Waals surface area contributed by atoms with E-state index >= 15 is 0 Å². The van der Waals surface area contributed by atoms with Gasteiger partial charge < -0.3 is 23.9 Å². The standard InChI is InChI=1S/C27H26N2O7S/c1-33-25-12-11-20(37(31,32)29-13-15-34-16-14-29)17-23(25)28-27(30)26-22(18-35-19-7-3-2-4-8-19)21-9-5-6-10-24(21)36-26/h2-12,17H,13-16,18H2,1H3,(H,28,30). The zero-order valence-electron chi connectivity index (χ0n) is 20.2. The number of methoxy groups -OCH3 is 1. The summed E-state index contributed by atoms with van der Waals surface area (Å²) >= 11 is 0. The first kappa shape index (κ1) is 24.8. The first-order chi connectivity index (χ1) is 18.0. The van der Waals surface area contributed by atoms with Gasteiger partial charge in [0.1, 0.15) is 23.7 Å². The first-order valence-electron chi connectivity index (χ1n) is 11.7. The Bertz CT molecular complexity index is 1510. The van der Waals surface area contributed by atoms with Gasteiger partial charge in [0, 0.05) is 24.0 Å². The Morgan fingerprint density at radius 2 is 1.73 bits per heavy atom. The molecule has 0 saturated carbocycles. The molecule has 1 fully saturated rings. The van der Waals surface area contributed by atoms with E-state index in [0.29, 0.717) is 35.9 Å². The van der Waals surface area contributed by atoms with Crippen molar-refractivity contribution in [2.45, 2.75) is 11.5 Å². The van der Waals surface area contributed by atoms with Crippen molar-refractivity contribution in [1.82, 2.24) is 4.31 Å². The number of carbonyl (C=O) groups excluding carboxylic acids is 1. The van der Waals surface area contributed by atoms with Crippen LogP contribution in [0.1, 0.15) is 16.1 Å². The third-order valence-electron chi connectivity index (χ3n) is 6.06. The molecular weight excluding hydrogens is 496 g/mol. The van der Waals surface area contributed by atoms with Gasteiger partial charge >= 0.3 is 0 Å². The SMILES string of the molecule is COc1ccc(S(=O)(=O)N2CCOCC2)cc1NC(=O)c1oc2ccccc2c1COc1ccccc1. The Hall–Kier alpha value is -3.86. The Morgan fingerprint density at radius 1 is 1.00 bits per heavy atom. The lowest BCUT2D eigenvalue weighted by Crippen LogP contribution is -2.40. The summed E-state index contributed by atoms with van der Waals surface area (Å²) in [5.74, 6) is 0.483. The van der Waals surface area contributed by atoms with Gasteiger partial charge in [0.05, 0.1) is 30.9 Å². The second-order valence-corrected chi connectivity index (χ2v) is 10.3. The molecule has 0 spiro atoms. The van der Waals surface area contributed by atoms with Gasteiger partial charge in [-0.2, -0.15) is 4.31 Å². The lowest BCUT2D eigenvalue weighted by molar-refractivity contribution is 0.0730. The van der Waals surface area contributed by atoms with E-state index < -0.39 is 15.9 Å². The molecule has 1 aliphatic rings. The minimum absolute atomic E-state index is 0.0442. The van der Waals surface area contributed by atoms with E-state index in [0.717, 1.165) is 5.39 Å². The van der Waals surface area contributed by atoms with Crippen LogP contribution in [0.4, 0.5) is 5.69 Å². The van der Waals surface area contributed by atoms with Gasteiger partial charge in [-0.25, -0.2) is 8.42 Å². The van der Waals surface area contributed by atoms with Gasteiger partial charge in [-0.15, -0.1) is 0 Å². The van der Waals surface area contributed by atoms with Gasteiger partial charge in [-0.1, -0.05) is 36.4 Å². The van der Waals surface area contributed by atoms with E-state index in [2.05, 4.69) is 5.32 Å². The highest BCUT2D eigenvalue weighted by atomic mass is 32.2. The summed E-state index contributed by atoms with van der Waals surface area (Å²) in [6.45, 7) is 1.30. The molecule has 10 heteroatoms. The average Bonchev–Trinajstić information content (AvgIpc) is 3.31. The van der Waals surface area contributed by atoms with Gasteiger partial charge in [-0.3, -0.25) is 4.79 Å². The number of nitrogens with zero attached hydrogens (tertiary/aromatic N) is 1. The number of benzene rings is 3. The number of fused-ring (bicyclic) bond motifs is 1. The molecule has 37 heavy (non-hydrogen) atoms. The molecule has 0 atom stereocenters. The monoisotopic (exact) mass is 522 g/mol. The number of amides is 1. The summed E-state index contributed by atoms with van der Waals surface area (Å²) in [6.07, 6.45) is 0. The van der Waals surface area contributed by atoms with Gasteiger partial charge in [0.2, 0.25) is 10.0 Å². The molecule has 3 aromatic carbocycles. The number of anilines is 1. The Morgan fingerprint density at radius 3 is 2.49 bits per heavy atom. The fourth-order valence-electron chi connectivity index (χ4n) is 4.16. The first-order valence-corrected chi connectivity index (χ1v) is 13.2. The molecule has 0 bridgehead atoms. The molecule has 192 valence electrons. The number of ether oxygens (including phenoxy) is 3. The topological polar surface area (TPSA) is 107 Å². The third kappa shape index (κ3) is 5.17. The van der Waals surface area contributed by atoms with Gasteiger partial charge in [-0.05, 0) is 36.4 Å². The van der Waals surface area contributed by atoms with Crippen LogP contribution in [0.3, 0.4) is 0 Å². The number of hydrogen-bond acceptors (Lipinski definition) is 7. The Labute approximate surface area is 214 Å². The van der Waals surface area contributed by atoms with Crippen molar-refractivity contribution < 1.29 is 31.8 Å². The van der Waals surface area contributed by atoms with Crippen molar-refractivity contribution in [3.63, 3.8) is 0 Å². The number of carbonyl (C=O) groups is 1. The maximum atomic E-state index is 13.5. The summed E-state index contributed by atoms with van der Waals surface area (Å²) < 4.78 is 50.2. The lowest BCUT2D eigenvalue weighted by atomic mass is 10.1. The van der Waals surface area contributed by atoms with Crippen LogP contribution in [0, 0.1) is 0 Å². The van der Waals surface area contributed by atoms with Crippen LogP contribution in [0.25, 0.3) is 11.0 Å². The van der Waals surface area contributed by atoms with Crippen LogP contribution >= 0.6 is 0 Å². The van der Waals surface area contributed by atoms with E-state index in [1.54, 1.807) is 6.07 Å². The van der Waals surface area contributed by atoms with Gasteiger partial charge in [0.25, 0.3) is 5.91 Å². The van der Waals surface area contributed by atoms with Gasteiger partial charge in [0.15, 0.2) is 5.76 Å². The number of para-hydroxylation sites is 2. The number of morpholine rings is 1. The molecule has 1 aliphatic heterocycles. The number of furan rings is 1. The molecule has 0 aliphatic carbocycles. The van der Waals surface area contributed by atoms with Crippen molar-refractivity contribution in [2.24, 2.45) is 0 Å². The second-order valence-electron chi connectivity index (χ2n) is 8.34. The van der Waals surface area contributed by atoms with Crippen molar-refractivity contribution in [2.75, 3.05) is 38.7 Å². The highest BCUT2D eigenvalue weighted by molar-refractivity contribution is 7.89. The quantitative estimate of drug-likeness (QED) is 0.368. The van der Waals surface area contributed by atoms with E-state index in [1.165, 1.54) is 29.6 Å². The van der Waals surface area contributed by atoms with E-state index in [1.807, 2.05) is 48.5 Å². The van der Waals surface area contributed by atoms with Crippen LogP contribution in [0.15, 0.2) is 82.1 Å². The Balaban J connectivity index is 1.46. The molecule has 1 amide bonds. The zero-order chi connectivity index (χ0) is 25.8. The largest absolute Gasteiger partial charge is 0.495 e. The molecule has 4 aromatic rings. The normalized spacial score (nSPS) is 14.4. The lowest BCUT2D eigenvalue weighted by Gasteiger charge is -2.26. The van der Waals surface area contributed by atoms with Crippen molar-refractivity contribution in [1.29, 1.82) is 0 Å². The fraction of sp³-hybridized carbons (Fsp3) is 0.222. The zero-order valence-corrected chi connectivity index (χ0v) is 21.0. The number of nitrogens with one attached hydrogen (secondary N) is 1. The van der Waals surface area contributed by atoms with E-state index in [4.69, 9.17) is 18.6 Å². The number of sulfonamides is 1. The summed E-state index contributed by atoms with van der Waals surface area (Å²) in [5.41, 5.74) is 1.32. The molecule has 9 nitrogen and oxygen atoms in total. The fourth-order valence-corrected chi connectivity index (χ4v) is 5.59. The summed E-state index contributed by atoms with van der Waals surface area (Å²) in [4.78, 5) is 13.5. The molecular formula is C27H26N2O7S. The predicted molar refractivity (Wildman–Crippen MR) is 138 cm³/mol. The van der Waals surface area contributed by atoms with Crippen LogP contribution in [0.5, 0.6) is 11.5 Å². The molecule has 1 aromatic heterocycles. The van der Waals surface area contributed by atoms with Crippen LogP contribution in [-0.2, 0) is 21.4 Å². The summed E-state index contributed by atoms with van der Waals surface area (Å²) in [6, 6.07) is 20.9. The number of hydrogen-bond donors (Lipinski definition) is 1. The minimum atomic E-state index is -3.77. The Kier molecular flexibility index (Phi) is 7.13. The smallest absolute Gasteiger partial charge is 0.291 e. The number of rotatable bonds is 8. The van der Waals surface area contributed by atoms with Crippen LogP contribution in [-0.4, -0.2) is 52.0 Å². The second kappa shape index (κ2) is 10.6. The van der Waals surface area contributed by atoms with Crippen LogP contribution < -0.4 is 14.8 Å². The van der Waals surface area contributed by atoms with Crippen molar-refractivity contribution in [3.8, 4) is 11.5 Å². The van der Waals surface area contributed by atoms with E-state index in [-0.39, 0.29) is 36.0 Å². The van der Waals surface area contributed by atoms with Crippen molar-refractivity contribution >= 4 is 32.6 Å². The van der Waals surface area contributed by atoms with Crippen molar-refractivity contribution in [3.05, 3.63) is 84.1 Å². The molecule has 2 heterocycles. The predicted octanol–water partition coefficient (Wildman–Crippen LogP) is 4.29. The maximum Gasteiger partial charge on any atom is 0.291 e. The highest BCUT2D eigenvalue weighted by Crippen LogP contribution is 2.32. The minimum Gasteiger partial charge on any atom is -0.495 e. The van der Waals surface area contributed by atoms with E-state index in [9.17, 15) is 13.2 Å². The van der Waals surface area contributed by atoms with Crippen LogP contribution in [0.2, 0.25) is 0 Å². The maximum absolute atomic E-state index is 13.5. The molecule has 1 N–H and O–H groups in total. The average molecular weight is 523 g/mol. The molecule has 5 rings (SSSR count). The third-order valence-corrected chi connectivity index (χ3v) is 7.95. The molecule has 1 saturated heterocycles.